The van der Waals surface area contributed by atoms with Crippen molar-refractivity contribution in [2.24, 2.45) is 0 Å². The lowest BCUT2D eigenvalue weighted by Gasteiger charge is -2.18. The number of nitrogens with one attached hydrogen (secondary N) is 1. The molecule has 98 valence electrons. The Balaban J connectivity index is 2.91. The molecule has 18 heavy (non-hydrogen) atoms. The Morgan fingerprint density at radius 3 is 2.22 bits per heavy atom. The number of hydrogen-bond acceptors (Lipinski definition) is 4. The van der Waals surface area contributed by atoms with Gasteiger partial charge >= 0.3 is 11.2 Å². The van der Waals surface area contributed by atoms with Crippen molar-refractivity contribution in [3.8, 4) is 0 Å². The van der Waals surface area contributed by atoms with Crippen molar-refractivity contribution in [3.63, 3.8) is 0 Å². The molecule has 0 spiro atoms. The highest BCUT2D eigenvalue weighted by molar-refractivity contribution is 7.87. The van der Waals surface area contributed by atoms with Gasteiger partial charge in [0.15, 0.2) is 10.1 Å². The van der Waals surface area contributed by atoms with Crippen molar-refractivity contribution >= 4 is 27.8 Å². The van der Waals surface area contributed by atoms with E-state index in [4.69, 9.17) is 0 Å². The maximum absolute atomic E-state index is 12.8. The van der Waals surface area contributed by atoms with Gasteiger partial charge in [0.05, 0.1) is 0 Å². The minimum absolute atomic E-state index is 0.0612. The fourth-order valence-electron chi connectivity index (χ4n) is 1.02. The van der Waals surface area contributed by atoms with Crippen LogP contribution in [-0.4, -0.2) is 24.1 Å². The van der Waals surface area contributed by atoms with Gasteiger partial charge in [-0.3, -0.25) is 4.79 Å². The van der Waals surface area contributed by atoms with Crippen molar-refractivity contribution in [3.05, 3.63) is 36.4 Å². The van der Waals surface area contributed by atoms with E-state index in [0.717, 1.165) is 0 Å². The van der Waals surface area contributed by atoms with E-state index in [1.165, 1.54) is 30.3 Å². The monoisotopic (exact) mass is 276 g/mol. The highest BCUT2D eigenvalue weighted by atomic mass is 32.2. The zero-order valence-corrected chi connectivity index (χ0v) is 9.71. The summed E-state index contributed by atoms with van der Waals surface area (Å²) < 4.78 is 56.3. The molecule has 0 saturated carbocycles. The molecule has 1 aromatic carbocycles. The van der Waals surface area contributed by atoms with Crippen LogP contribution in [-0.2, 0) is 14.9 Å². The third-order valence-electron chi connectivity index (χ3n) is 1.98. The summed E-state index contributed by atoms with van der Waals surface area (Å²) in [4.78, 5) is 11.0. The minimum Gasteiger partial charge on any atom is -0.743 e. The van der Waals surface area contributed by atoms with E-state index in [2.05, 4.69) is 6.58 Å². The first-order chi connectivity index (χ1) is 8.18. The molecule has 1 aromatic rings. The number of hydrogen-bond donors (Lipinski definition) is 1. The number of benzene rings is 1. The summed E-state index contributed by atoms with van der Waals surface area (Å²) in [5.41, 5.74) is 0.616. The molecule has 0 heterocycles. The molecular formula is C10H8F2NO4S-. The average molecular weight is 276 g/mol. The molecule has 1 N–H and O–H groups in total. The molecule has 0 bridgehead atoms. The summed E-state index contributed by atoms with van der Waals surface area (Å²) in [6.45, 7) is 3.47. The molecule has 1 rings (SSSR count). The molecule has 8 heteroatoms. The van der Waals surface area contributed by atoms with Gasteiger partial charge in [0, 0.05) is 5.69 Å². The number of alkyl halides is 2. The van der Waals surface area contributed by atoms with Crippen LogP contribution in [0.4, 0.5) is 14.5 Å². The Bertz CT molecular complexity index is 566. The smallest absolute Gasteiger partial charge is 0.411 e. The molecule has 0 aliphatic heterocycles. The number of anilines is 1. The van der Waals surface area contributed by atoms with Gasteiger partial charge in [-0.1, -0.05) is 24.8 Å². The lowest BCUT2D eigenvalue weighted by atomic mass is 10.2. The first-order valence-electron chi connectivity index (χ1n) is 4.55. The van der Waals surface area contributed by atoms with Gasteiger partial charge in [-0.25, -0.2) is 8.42 Å². The lowest BCUT2D eigenvalue weighted by Crippen LogP contribution is -2.41. The van der Waals surface area contributed by atoms with Crippen molar-refractivity contribution in [2.45, 2.75) is 5.25 Å². The summed E-state index contributed by atoms with van der Waals surface area (Å²) in [5.74, 6) is -2.19. The van der Waals surface area contributed by atoms with Gasteiger partial charge in [-0.05, 0) is 17.7 Å². The Hall–Kier alpha value is -1.80. The van der Waals surface area contributed by atoms with E-state index < -0.39 is 21.3 Å². The number of halogens is 2. The third kappa shape index (κ3) is 2.90. The maximum atomic E-state index is 12.8. The predicted molar refractivity (Wildman–Crippen MR) is 59.8 cm³/mol. The molecule has 1 amide bonds. The van der Waals surface area contributed by atoms with Crippen LogP contribution in [0.25, 0.3) is 6.08 Å². The Morgan fingerprint density at radius 1 is 1.33 bits per heavy atom. The van der Waals surface area contributed by atoms with Gasteiger partial charge < -0.3 is 9.87 Å². The molecule has 0 fully saturated rings. The summed E-state index contributed by atoms with van der Waals surface area (Å²) in [5, 5.41) is -3.37. The molecule has 0 aliphatic rings. The third-order valence-corrected chi connectivity index (χ3v) is 2.80. The Kier molecular flexibility index (Phi) is 3.82. The van der Waals surface area contributed by atoms with Crippen molar-refractivity contribution in [1.82, 2.24) is 0 Å². The summed E-state index contributed by atoms with van der Waals surface area (Å²) in [7, 11) is -6.05. The number of rotatable bonds is 4. The van der Waals surface area contributed by atoms with E-state index in [-0.39, 0.29) is 5.69 Å². The quantitative estimate of drug-likeness (QED) is 0.842. The molecule has 5 nitrogen and oxygen atoms in total. The van der Waals surface area contributed by atoms with Crippen LogP contribution in [0.1, 0.15) is 5.56 Å². The molecule has 0 aromatic heterocycles. The largest absolute Gasteiger partial charge is 0.743 e. The number of amides is 1. The van der Waals surface area contributed by atoms with Crippen molar-refractivity contribution < 1.29 is 26.5 Å². The molecule has 0 aliphatic carbocycles. The SMILES string of the molecule is C=Cc1ccc(NC(=O)C(F)(F)S(=O)(=O)[O-])cc1. The van der Waals surface area contributed by atoms with Crippen LogP contribution in [0.15, 0.2) is 30.8 Å². The van der Waals surface area contributed by atoms with E-state index in [1.54, 1.807) is 5.32 Å². The fraction of sp³-hybridized carbons (Fsp3) is 0.100. The highest BCUT2D eigenvalue weighted by Gasteiger charge is 2.46. The van der Waals surface area contributed by atoms with Crippen LogP contribution >= 0.6 is 0 Å². The first-order valence-corrected chi connectivity index (χ1v) is 5.96. The lowest BCUT2D eigenvalue weighted by molar-refractivity contribution is -0.130. The molecule has 0 saturated heterocycles. The molecule has 0 atom stereocenters. The first kappa shape index (κ1) is 14.3. The summed E-state index contributed by atoms with van der Waals surface area (Å²) in [6.07, 6.45) is 1.49. The highest BCUT2D eigenvalue weighted by Crippen LogP contribution is 2.22. The van der Waals surface area contributed by atoms with Gasteiger partial charge in [-0.15, -0.1) is 0 Å². The van der Waals surface area contributed by atoms with Crippen LogP contribution in [0.2, 0.25) is 0 Å². The van der Waals surface area contributed by atoms with Crippen LogP contribution in [0.5, 0.6) is 0 Å². The van der Waals surface area contributed by atoms with E-state index in [0.29, 0.717) is 5.56 Å². The molecular weight excluding hydrogens is 268 g/mol. The van der Waals surface area contributed by atoms with Crippen LogP contribution < -0.4 is 5.32 Å². The van der Waals surface area contributed by atoms with Crippen LogP contribution in [0, 0.1) is 0 Å². The fourth-order valence-corrected chi connectivity index (χ4v) is 1.30. The van der Waals surface area contributed by atoms with Gasteiger partial charge in [0.1, 0.15) is 0 Å². The van der Waals surface area contributed by atoms with Crippen molar-refractivity contribution in [1.29, 1.82) is 0 Å². The second-order valence-electron chi connectivity index (χ2n) is 3.25. The zero-order valence-electron chi connectivity index (χ0n) is 8.89. The zero-order chi connectivity index (χ0) is 14.0. The summed E-state index contributed by atoms with van der Waals surface area (Å²) >= 11 is 0. The molecule has 0 radical (unpaired) electrons. The Labute approximate surface area is 102 Å². The normalized spacial score (nSPS) is 11.9. The van der Waals surface area contributed by atoms with Crippen molar-refractivity contribution in [2.75, 3.05) is 5.32 Å². The summed E-state index contributed by atoms with van der Waals surface area (Å²) in [6, 6.07) is 5.46. The standard InChI is InChI=1S/C10H9F2NO4S/c1-2-7-3-5-8(6-4-7)13-9(14)10(11,12)18(15,16)17/h2-6H,1H2,(H,13,14)(H,15,16,17)/p-1. The predicted octanol–water partition coefficient (Wildman–Crippen LogP) is 1.41. The van der Waals surface area contributed by atoms with Crippen LogP contribution in [0.3, 0.4) is 0 Å². The van der Waals surface area contributed by atoms with E-state index in [1.807, 2.05) is 0 Å². The molecule has 0 unspecified atom stereocenters. The topological polar surface area (TPSA) is 86.3 Å². The van der Waals surface area contributed by atoms with Gasteiger partial charge in [0.2, 0.25) is 0 Å². The number of carbonyl (C=O) groups excluding carboxylic acids is 1. The number of carbonyl (C=O) groups is 1. The van der Waals surface area contributed by atoms with Gasteiger partial charge in [-0.2, -0.15) is 8.78 Å². The maximum Gasteiger partial charge on any atom is 0.411 e. The Morgan fingerprint density at radius 2 is 1.83 bits per heavy atom. The second-order valence-corrected chi connectivity index (χ2v) is 4.67. The van der Waals surface area contributed by atoms with E-state index >= 15 is 0 Å². The van der Waals surface area contributed by atoms with E-state index in [9.17, 15) is 26.5 Å². The second kappa shape index (κ2) is 4.83. The van der Waals surface area contributed by atoms with Gasteiger partial charge in [0.25, 0.3) is 0 Å². The minimum atomic E-state index is -6.05. The average Bonchev–Trinajstić information content (AvgIpc) is 2.28.